The molecule has 108 valence electrons. The summed E-state index contributed by atoms with van der Waals surface area (Å²) in [4.78, 5) is 14.1. The van der Waals surface area contributed by atoms with Gasteiger partial charge in [0.15, 0.2) is 0 Å². The second-order valence-corrected chi connectivity index (χ2v) is 6.46. The molecule has 1 aromatic rings. The Morgan fingerprint density at radius 2 is 2.00 bits per heavy atom. The molecule has 20 heavy (non-hydrogen) atoms. The fraction of sp³-hybridized carbons (Fsp3) is 0.471. The minimum Gasteiger partial charge on any atom is -0.335 e. The van der Waals surface area contributed by atoms with Gasteiger partial charge in [-0.1, -0.05) is 44.1 Å². The van der Waals surface area contributed by atoms with Crippen molar-refractivity contribution in [3.05, 3.63) is 46.8 Å². The third kappa shape index (κ3) is 3.09. The highest BCUT2D eigenvalue weighted by Gasteiger charge is 2.25. The number of benzene rings is 1. The number of aryl methyl sites for hydroxylation is 1. The number of hydrogen-bond acceptors (Lipinski definition) is 1. The quantitative estimate of drug-likeness (QED) is 0.711. The summed E-state index contributed by atoms with van der Waals surface area (Å²) in [5.41, 5.74) is 2.59. The first-order valence-electron chi connectivity index (χ1n) is 7.04. The van der Waals surface area contributed by atoms with Crippen LogP contribution < -0.4 is 0 Å². The molecule has 0 saturated carbocycles. The molecule has 2 rings (SSSR count). The summed E-state index contributed by atoms with van der Waals surface area (Å²) >= 11 is 0. The zero-order valence-corrected chi connectivity index (χ0v) is 12.7. The predicted octanol–water partition coefficient (Wildman–Crippen LogP) is 3.95. The lowest BCUT2D eigenvalue weighted by atomic mass is 9.83. The summed E-state index contributed by atoms with van der Waals surface area (Å²) in [7, 11) is 0. The minimum absolute atomic E-state index is 0.143. The monoisotopic (exact) mass is 275 g/mol. The zero-order valence-electron chi connectivity index (χ0n) is 12.7. The van der Waals surface area contributed by atoms with Crippen LogP contribution >= 0.6 is 0 Å². The van der Waals surface area contributed by atoms with Crippen LogP contribution in [0, 0.1) is 18.2 Å². The Hall–Kier alpha value is -1.64. The van der Waals surface area contributed by atoms with E-state index in [2.05, 4.69) is 26.8 Å². The van der Waals surface area contributed by atoms with Crippen LogP contribution in [-0.2, 0) is 0 Å². The van der Waals surface area contributed by atoms with E-state index in [-0.39, 0.29) is 16.9 Å². The summed E-state index contributed by atoms with van der Waals surface area (Å²) in [5.74, 6) is -0.651. The Bertz CT molecular complexity index is 555. The third-order valence-electron chi connectivity index (χ3n) is 3.81. The molecule has 1 aliphatic rings. The number of nitrogens with zero attached hydrogens (tertiary/aromatic N) is 1. The maximum atomic E-state index is 13.8. The number of rotatable bonds is 1. The number of carbonyl (C=O) groups excluding carboxylic acids is 1. The van der Waals surface area contributed by atoms with Gasteiger partial charge in [-0.2, -0.15) is 0 Å². The Labute approximate surface area is 120 Å². The molecule has 0 radical (unpaired) electrons. The van der Waals surface area contributed by atoms with Crippen molar-refractivity contribution in [2.75, 3.05) is 13.1 Å². The molecule has 0 aliphatic carbocycles. The maximum Gasteiger partial charge on any atom is 0.257 e. The van der Waals surface area contributed by atoms with E-state index in [1.807, 2.05) is 6.92 Å². The first-order chi connectivity index (χ1) is 9.29. The van der Waals surface area contributed by atoms with Crippen LogP contribution in [-0.4, -0.2) is 23.9 Å². The van der Waals surface area contributed by atoms with E-state index in [1.165, 1.54) is 11.6 Å². The molecule has 0 unspecified atom stereocenters. The molecule has 0 fully saturated rings. The first kappa shape index (κ1) is 14.8. The van der Waals surface area contributed by atoms with Gasteiger partial charge in [0.1, 0.15) is 5.82 Å². The van der Waals surface area contributed by atoms with Crippen molar-refractivity contribution in [2.24, 2.45) is 5.41 Å². The lowest BCUT2D eigenvalue weighted by molar-refractivity contribution is 0.0760. The van der Waals surface area contributed by atoms with Gasteiger partial charge >= 0.3 is 0 Å². The smallest absolute Gasteiger partial charge is 0.257 e. The van der Waals surface area contributed by atoms with Crippen molar-refractivity contribution in [3.63, 3.8) is 0 Å². The maximum absolute atomic E-state index is 13.8. The topological polar surface area (TPSA) is 20.3 Å². The molecule has 1 aromatic carbocycles. The molecule has 3 heteroatoms. The molecule has 0 N–H and O–H groups in total. The zero-order chi connectivity index (χ0) is 14.9. The van der Waals surface area contributed by atoms with Crippen molar-refractivity contribution in [1.29, 1.82) is 0 Å². The fourth-order valence-corrected chi connectivity index (χ4v) is 2.51. The van der Waals surface area contributed by atoms with Crippen molar-refractivity contribution < 1.29 is 9.18 Å². The SMILES string of the molecule is Cc1ccc(F)c(C(=O)N2CC=C(C(C)(C)C)CC2)c1. The average molecular weight is 275 g/mol. The van der Waals surface area contributed by atoms with Crippen molar-refractivity contribution >= 4 is 5.91 Å². The van der Waals surface area contributed by atoms with Gasteiger partial charge in [-0.05, 0) is 30.9 Å². The molecule has 1 heterocycles. The van der Waals surface area contributed by atoms with E-state index in [0.29, 0.717) is 13.1 Å². The molecule has 0 bridgehead atoms. The fourth-order valence-electron chi connectivity index (χ4n) is 2.51. The van der Waals surface area contributed by atoms with Gasteiger partial charge in [0, 0.05) is 13.1 Å². The van der Waals surface area contributed by atoms with Gasteiger partial charge in [0.25, 0.3) is 5.91 Å². The normalized spacial score (nSPS) is 16.1. The predicted molar refractivity (Wildman–Crippen MR) is 79.2 cm³/mol. The van der Waals surface area contributed by atoms with Crippen LogP contribution in [0.5, 0.6) is 0 Å². The van der Waals surface area contributed by atoms with Gasteiger partial charge in [-0.15, -0.1) is 0 Å². The molecule has 0 spiro atoms. The van der Waals surface area contributed by atoms with Crippen LogP contribution in [0.4, 0.5) is 4.39 Å². The lowest BCUT2D eigenvalue weighted by Crippen LogP contribution is -2.36. The molecular formula is C17H22FNO. The first-order valence-corrected chi connectivity index (χ1v) is 7.04. The van der Waals surface area contributed by atoms with E-state index in [0.717, 1.165) is 12.0 Å². The summed E-state index contributed by atoms with van der Waals surface area (Å²) in [6.45, 7) is 9.63. The van der Waals surface area contributed by atoms with Crippen molar-refractivity contribution in [3.8, 4) is 0 Å². The Balaban J connectivity index is 2.17. The van der Waals surface area contributed by atoms with E-state index in [1.54, 1.807) is 17.0 Å². The molecule has 0 atom stereocenters. The number of carbonyl (C=O) groups is 1. The van der Waals surface area contributed by atoms with Gasteiger partial charge in [0.05, 0.1) is 5.56 Å². The molecule has 1 aliphatic heterocycles. The molecular weight excluding hydrogens is 253 g/mol. The molecule has 1 amide bonds. The summed E-state index contributed by atoms with van der Waals surface area (Å²) < 4.78 is 13.8. The van der Waals surface area contributed by atoms with Gasteiger partial charge in [0.2, 0.25) is 0 Å². The summed E-state index contributed by atoms with van der Waals surface area (Å²) in [6.07, 6.45) is 2.97. The van der Waals surface area contributed by atoms with Crippen LogP contribution in [0.15, 0.2) is 29.8 Å². The third-order valence-corrected chi connectivity index (χ3v) is 3.81. The number of hydrogen-bond donors (Lipinski definition) is 0. The van der Waals surface area contributed by atoms with Gasteiger partial charge in [-0.25, -0.2) is 4.39 Å². The van der Waals surface area contributed by atoms with Crippen LogP contribution in [0.1, 0.15) is 43.1 Å². The minimum atomic E-state index is -0.439. The lowest BCUT2D eigenvalue weighted by Gasteiger charge is -2.32. The molecule has 2 nitrogen and oxygen atoms in total. The van der Waals surface area contributed by atoms with Gasteiger partial charge < -0.3 is 4.90 Å². The van der Waals surface area contributed by atoms with Crippen LogP contribution in [0.25, 0.3) is 0 Å². The highest BCUT2D eigenvalue weighted by molar-refractivity contribution is 5.94. The Kier molecular flexibility index (Phi) is 3.98. The highest BCUT2D eigenvalue weighted by atomic mass is 19.1. The molecule has 0 saturated heterocycles. The van der Waals surface area contributed by atoms with Crippen molar-refractivity contribution in [2.45, 2.75) is 34.1 Å². The number of amides is 1. The van der Waals surface area contributed by atoms with Crippen LogP contribution in [0.2, 0.25) is 0 Å². The van der Waals surface area contributed by atoms with Gasteiger partial charge in [-0.3, -0.25) is 4.79 Å². The highest BCUT2D eigenvalue weighted by Crippen LogP contribution is 2.30. The second kappa shape index (κ2) is 5.39. The largest absolute Gasteiger partial charge is 0.335 e. The Morgan fingerprint density at radius 3 is 2.55 bits per heavy atom. The van der Waals surface area contributed by atoms with E-state index >= 15 is 0 Å². The van der Waals surface area contributed by atoms with Crippen molar-refractivity contribution in [1.82, 2.24) is 4.90 Å². The van der Waals surface area contributed by atoms with E-state index in [4.69, 9.17) is 0 Å². The summed E-state index contributed by atoms with van der Waals surface area (Å²) in [6, 6.07) is 4.67. The Morgan fingerprint density at radius 1 is 1.30 bits per heavy atom. The molecule has 0 aromatic heterocycles. The van der Waals surface area contributed by atoms with E-state index < -0.39 is 5.82 Å². The second-order valence-electron chi connectivity index (χ2n) is 6.46. The summed E-state index contributed by atoms with van der Waals surface area (Å²) in [5, 5.41) is 0. The van der Waals surface area contributed by atoms with Crippen LogP contribution in [0.3, 0.4) is 0 Å². The average Bonchev–Trinajstić information content (AvgIpc) is 2.40. The van der Waals surface area contributed by atoms with E-state index in [9.17, 15) is 9.18 Å². The number of halogens is 1. The standard InChI is InChI=1S/C17H22FNO/c1-12-5-6-15(18)14(11-12)16(20)19-9-7-13(8-10-19)17(2,3)4/h5-7,11H,8-10H2,1-4H3.